The van der Waals surface area contributed by atoms with Crippen LogP contribution in [0, 0.1) is 0 Å². The fourth-order valence-electron chi connectivity index (χ4n) is 2.04. The number of carbonyl (C=O) groups is 1. The van der Waals surface area contributed by atoms with E-state index in [9.17, 15) is 4.79 Å². The average molecular weight is 335 g/mol. The van der Waals surface area contributed by atoms with Gasteiger partial charge >= 0.3 is 0 Å². The summed E-state index contributed by atoms with van der Waals surface area (Å²) >= 11 is 0. The molecule has 23 heavy (non-hydrogen) atoms. The summed E-state index contributed by atoms with van der Waals surface area (Å²) in [5, 5.41) is 2.85. The number of pyridine rings is 1. The number of nitrogens with zero attached hydrogens (tertiary/aromatic N) is 1. The van der Waals surface area contributed by atoms with E-state index in [1.807, 2.05) is 30.3 Å². The third-order valence-corrected chi connectivity index (χ3v) is 3.40. The Balaban J connectivity index is 0.00000264. The molecule has 1 aromatic heterocycles. The largest absolute Gasteiger partial charge is 0.481 e. The van der Waals surface area contributed by atoms with Crippen LogP contribution < -0.4 is 10.1 Å². The van der Waals surface area contributed by atoms with Gasteiger partial charge in [0.2, 0.25) is 0 Å². The van der Waals surface area contributed by atoms with Crippen LogP contribution in [-0.2, 0) is 11.3 Å². The molecule has 0 spiro atoms. The molecular weight excluding hydrogens is 312 g/mol. The van der Waals surface area contributed by atoms with Gasteiger partial charge in [-0.05, 0) is 42.2 Å². The predicted molar refractivity (Wildman–Crippen MR) is 94.0 cm³/mol. The molecule has 2 rings (SSSR count). The molecule has 0 aliphatic heterocycles. The number of halogens is 1. The maximum atomic E-state index is 12.1. The zero-order chi connectivity index (χ0) is 15.9. The first-order valence-corrected chi connectivity index (χ1v) is 7.49. The lowest BCUT2D eigenvalue weighted by atomic mass is 10.0. The molecule has 2 aromatic rings. The standard InChI is InChI=1S/C18H22N2O2.ClH/c1-13(2)16-7-4-8-17(10-16)22-14(3)18(21)20-12-15-6-5-9-19-11-15;/h4-11,13-14H,12H2,1-3H3,(H,20,21);1H. The van der Waals surface area contributed by atoms with Crippen LogP contribution in [0.4, 0.5) is 0 Å². The summed E-state index contributed by atoms with van der Waals surface area (Å²) in [6.07, 6.45) is 2.90. The second kappa shape index (κ2) is 9.16. The van der Waals surface area contributed by atoms with Gasteiger partial charge in [0.15, 0.2) is 6.10 Å². The number of hydrogen-bond donors (Lipinski definition) is 1. The summed E-state index contributed by atoms with van der Waals surface area (Å²) in [6, 6.07) is 11.6. The first-order chi connectivity index (χ1) is 10.6. The Bertz CT molecular complexity index is 617. The van der Waals surface area contributed by atoms with Crippen molar-refractivity contribution in [2.75, 3.05) is 0 Å². The van der Waals surface area contributed by atoms with Crippen LogP contribution in [0.25, 0.3) is 0 Å². The molecule has 0 saturated carbocycles. The van der Waals surface area contributed by atoms with E-state index >= 15 is 0 Å². The fraction of sp³-hybridized carbons (Fsp3) is 0.333. The Morgan fingerprint density at radius 1 is 1.22 bits per heavy atom. The van der Waals surface area contributed by atoms with E-state index in [0.717, 1.165) is 11.3 Å². The van der Waals surface area contributed by atoms with Crippen molar-refractivity contribution < 1.29 is 9.53 Å². The molecule has 1 amide bonds. The third-order valence-electron chi connectivity index (χ3n) is 3.40. The molecule has 0 aliphatic carbocycles. The molecule has 1 unspecified atom stereocenters. The monoisotopic (exact) mass is 334 g/mol. The summed E-state index contributed by atoms with van der Waals surface area (Å²) in [5.74, 6) is 1.01. The van der Waals surface area contributed by atoms with Gasteiger partial charge in [-0.15, -0.1) is 12.4 Å². The van der Waals surface area contributed by atoms with E-state index in [1.165, 1.54) is 5.56 Å². The lowest BCUT2D eigenvalue weighted by molar-refractivity contribution is -0.127. The molecule has 5 heteroatoms. The zero-order valence-corrected chi connectivity index (χ0v) is 14.5. The number of aromatic nitrogens is 1. The molecule has 0 saturated heterocycles. The summed E-state index contributed by atoms with van der Waals surface area (Å²) < 4.78 is 5.73. The highest BCUT2D eigenvalue weighted by Crippen LogP contribution is 2.20. The highest BCUT2D eigenvalue weighted by molar-refractivity contribution is 5.85. The molecule has 4 nitrogen and oxygen atoms in total. The number of ether oxygens (including phenoxy) is 1. The van der Waals surface area contributed by atoms with Gasteiger partial charge < -0.3 is 10.1 Å². The van der Waals surface area contributed by atoms with Crippen molar-refractivity contribution in [2.24, 2.45) is 0 Å². The number of amides is 1. The molecule has 1 aromatic carbocycles. The van der Waals surface area contributed by atoms with E-state index in [0.29, 0.717) is 12.5 Å². The molecule has 0 bridgehead atoms. The smallest absolute Gasteiger partial charge is 0.261 e. The van der Waals surface area contributed by atoms with Gasteiger partial charge in [-0.3, -0.25) is 9.78 Å². The summed E-state index contributed by atoms with van der Waals surface area (Å²) in [4.78, 5) is 16.1. The van der Waals surface area contributed by atoms with Crippen LogP contribution in [0.15, 0.2) is 48.8 Å². The predicted octanol–water partition coefficient (Wildman–Crippen LogP) is 3.71. The minimum Gasteiger partial charge on any atom is -0.481 e. The molecule has 0 aliphatic rings. The van der Waals surface area contributed by atoms with Crippen LogP contribution in [-0.4, -0.2) is 17.0 Å². The molecule has 0 radical (unpaired) electrons. The Morgan fingerprint density at radius 2 is 2.00 bits per heavy atom. The van der Waals surface area contributed by atoms with Gasteiger partial charge in [0.25, 0.3) is 5.91 Å². The summed E-state index contributed by atoms with van der Waals surface area (Å²) in [6.45, 7) is 6.46. The van der Waals surface area contributed by atoms with Gasteiger partial charge in [0.05, 0.1) is 0 Å². The summed E-state index contributed by atoms with van der Waals surface area (Å²) in [7, 11) is 0. The maximum Gasteiger partial charge on any atom is 0.261 e. The van der Waals surface area contributed by atoms with Crippen LogP contribution in [0.2, 0.25) is 0 Å². The maximum absolute atomic E-state index is 12.1. The van der Waals surface area contributed by atoms with Crippen molar-refractivity contribution in [3.05, 3.63) is 59.9 Å². The SMILES string of the molecule is CC(Oc1cccc(C(C)C)c1)C(=O)NCc1cccnc1.Cl. The number of carbonyl (C=O) groups excluding carboxylic acids is 1. The topological polar surface area (TPSA) is 51.2 Å². The Kier molecular flexibility index (Phi) is 7.55. The van der Waals surface area contributed by atoms with Gasteiger partial charge in [-0.2, -0.15) is 0 Å². The number of nitrogens with one attached hydrogen (secondary N) is 1. The average Bonchev–Trinajstić information content (AvgIpc) is 2.53. The third kappa shape index (κ3) is 5.91. The quantitative estimate of drug-likeness (QED) is 0.876. The number of benzene rings is 1. The van der Waals surface area contributed by atoms with Gasteiger partial charge in [-0.1, -0.05) is 32.0 Å². The fourth-order valence-corrected chi connectivity index (χ4v) is 2.04. The van der Waals surface area contributed by atoms with E-state index < -0.39 is 6.10 Å². The van der Waals surface area contributed by atoms with Crippen LogP contribution >= 0.6 is 12.4 Å². The molecule has 0 fully saturated rings. The van der Waals surface area contributed by atoms with Crippen LogP contribution in [0.1, 0.15) is 37.8 Å². The van der Waals surface area contributed by atoms with Crippen molar-refractivity contribution >= 4 is 18.3 Å². The van der Waals surface area contributed by atoms with Crippen LogP contribution in [0.5, 0.6) is 5.75 Å². The van der Waals surface area contributed by atoms with Gasteiger partial charge in [-0.25, -0.2) is 0 Å². The molecule has 1 atom stereocenters. The lowest BCUT2D eigenvalue weighted by Gasteiger charge is -2.16. The Morgan fingerprint density at radius 3 is 2.65 bits per heavy atom. The first kappa shape index (κ1) is 19.0. The zero-order valence-electron chi connectivity index (χ0n) is 13.7. The molecule has 1 heterocycles. The van der Waals surface area contributed by atoms with Crippen molar-refractivity contribution in [3.63, 3.8) is 0 Å². The van der Waals surface area contributed by atoms with Crippen molar-refractivity contribution in [2.45, 2.75) is 39.3 Å². The highest BCUT2D eigenvalue weighted by Gasteiger charge is 2.14. The second-order valence-electron chi connectivity index (χ2n) is 5.57. The first-order valence-electron chi connectivity index (χ1n) is 7.49. The van der Waals surface area contributed by atoms with Crippen molar-refractivity contribution in [3.8, 4) is 5.75 Å². The lowest BCUT2D eigenvalue weighted by Crippen LogP contribution is -2.35. The number of rotatable bonds is 6. The van der Waals surface area contributed by atoms with Gasteiger partial charge in [0.1, 0.15) is 5.75 Å². The molecule has 124 valence electrons. The molecule has 1 N–H and O–H groups in total. The highest BCUT2D eigenvalue weighted by atomic mass is 35.5. The van der Waals surface area contributed by atoms with E-state index in [-0.39, 0.29) is 18.3 Å². The van der Waals surface area contributed by atoms with E-state index in [1.54, 1.807) is 19.3 Å². The van der Waals surface area contributed by atoms with E-state index in [2.05, 4.69) is 30.2 Å². The van der Waals surface area contributed by atoms with Crippen molar-refractivity contribution in [1.29, 1.82) is 0 Å². The number of hydrogen-bond acceptors (Lipinski definition) is 3. The minimum atomic E-state index is -0.543. The Labute approximate surface area is 143 Å². The Hall–Kier alpha value is -2.07. The van der Waals surface area contributed by atoms with Crippen molar-refractivity contribution in [1.82, 2.24) is 10.3 Å². The minimum absolute atomic E-state index is 0. The van der Waals surface area contributed by atoms with E-state index in [4.69, 9.17) is 4.74 Å². The van der Waals surface area contributed by atoms with Gasteiger partial charge in [0, 0.05) is 18.9 Å². The molecular formula is C18H23ClN2O2. The van der Waals surface area contributed by atoms with Crippen LogP contribution in [0.3, 0.4) is 0 Å². The normalized spacial score (nSPS) is 11.5. The summed E-state index contributed by atoms with van der Waals surface area (Å²) in [5.41, 5.74) is 2.16. The second-order valence-corrected chi connectivity index (χ2v) is 5.57.